The highest BCUT2D eigenvalue weighted by Gasteiger charge is 2.52. The minimum atomic E-state index is -1.24. The van der Waals surface area contributed by atoms with Gasteiger partial charge in [0.25, 0.3) is 5.56 Å². The van der Waals surface area contributed by atoms with E-state index in [0.29, 0.717) is 5.88 Å². The number of nitrogens with zero attached hydrogens (tertiary/aromatic N) is 2. The van der Waals surface area contributed by atoms with Crippen molar-refractivity contribution in [3.05, 3.63) is 44.9 Å². The molecule has 0 saturated carbocycles. The molecule has 2 unspecified atom stereocenters. The third kappa shape index (κ3) is 5.49. The lowest BCUT2D eigenvalue weighted by Crippen LogP contribution is -2.46. The molecule has 3 rings (SSSR count). The first kappa shape index (κ1) is 24.2. The van der Waals surface area contributed by atoms with Crippen molar-refractivity contribution in [2.45, 2.75) is 57.8 Å². The van der Waals surface area contributed by atoms with E-state index < -0.39 is 53.8 Å². The molecule has 0 aliphatic carbocycles. The van der Waals surface area contributed by atoms with Gasteiger partial charge in [-0.3, -0.25) is 19.4 Å². The molecule has 2 aromatic rings. The Kier molecular flexibility index (Phi) is 7.66. The van der Waals surface area contributed by atoms with Gasteiger partial charge in [-0.25, -0.2) is 4.79 Å². The molecule has 13 heteroatoms. The van der Waals surface area contributed by atoms with Crippen LogP contribution in [0.2, 0.25) is 0 Å². The van der Waals surface area contributed by atoms with Crippen LogP contribution in [0.3, 0.4) is 0 Å². The van der Waals surface area contributed by atoms with E-state index in [1.54, 1.807) is 19.1 Å². The van der Waals surface area contributed by atoms with E-state index in [1.165, 1.54) is 27.2 Å². The summed E-state index contributed by atoms with van der Waals surface area (Å²) in [4.78, 5) is 50.5. The van der Waals surface area contributed by atoms with E-state index in [1.807, 2.05) is 0 Å². The second kappa shape index (κ2) is 10.4. The second-order valence-corrected chi connectivity index (χ2v) is 7.29. The van der Waals surface area contributed by atoms with Crippen molar-refractivity contribution in [3.63, 3.8) is 0 Å². The van der Waals surface area contributed by atoms with E-state index >= 15 is 0 Å². The number of ether oxygens (including phenoxy) is 4. The number of carbonyl (C=O) groups excluding carboxylic acids is 2. The lowest BCUT2D eigenvalue weighted by molar-refractivity contribution is -0.157. The lowest BCUT2D eigenvalue weighted by Gasteiger charge is -2.28. The van der Waals surface area contributed by atoms with Crippen LogP contribution in [0.1, 0.15) is 32.2 Å². The Bertz CT molecular complexity index is 1080. The van der Waals surface area contributed by atoms with Gasteiger partial charge in [-0.2, -0.15) is 9.78 Å². The Morgan fingerprint density at radius 1 is 1.33 bits per heavy atom. The van der Waals surface area contributed by atoms with Crippen molar-refractivity contribution in [2.75, 3.05) is 19.0 Å². The van der Waals surface area contributed by atoms with Crippen molar-refractivity contribution in [1.29, 1.82) is 0 Å². The number of carbonyl (C=O) groups is 2. The van der Waals surface area contributed by atoms with E-state index in [4.69, 9.17) is 23.4 Å². The molecule has 1 fully saturated rings. The van der Waals surface area contributed by atoms with Crippen molar-refractivity contribution >= 4 is 17.8 Å². The number of aryl methyl sites for hydroxylation is 1. The van der Waals surface area contributed by atoms with Gasteiger partial charge in [-0.15, -0.1) is 0 Å². The monoisotopic (exact) mass is 466 g/mol. The summed E-state index contributed by atoms with van der Waals surface area (Å²) in [6.07, 6.45) is -2.89. The Morgan fingerprint density at radius 2 is 2.09 bits per heavy atom. The topological polar surface area (TPSA) is 164 Å². The van der Waals surface area contributed by atoms with Crippen molar-refractivity contribution in [3.8, 4) is 0 Å². The molecule has 2 N–H and O–H groups in total. The highest BCUT2D eigenvalue weighted by Crippen LogP contribution is 2.35. The molecule has 0 radical (unpaired) electrons. The number of hydrogen-bond donors (Lipinski definition) is 2. The number of furan rings is 1. The maximum atomic E-state index is 12.5. The molecule has 2 aromatic heterocycles. The van der Waals surface area contributed by atoms with Gasteiger partial charge in [0.05, 0.1) is 25.3 Å². The van der Waals surface area contributed by atoms with Gasteiger partial charge in [0.15, 0.2) is 18.2 Å². The highest BCUT2D eigenvalue weighted by atomic mass is 16.6. The summed E-state index contributed by atoms with van der Waals surface area (Å²) in [6.45, 7) is 4.47. The van der Waals surface area contributed by atoms with Gasteiger partial charge in [-0.1, -0.05) is 0 Å². The van der Waals surface area contributed by atoms with Crippen LogP contribution in [0.5, 0.6) is 0 Å². The first-order valence-corrected chi connectivity index (χ1v) is 10.3. The largest absolute Gasteiger partial charge is 0.466 e. The number of hydrogen-bond acceptors (Lipinski definition) is 11. The summed E-state index contributed by atoms with van der Waals surface area (Å²) < 4.78 is 28.4. The third-order valence-electron chi connectivity index (χ3n) is 4.99. The van der Waals surface area contributed by atoms with Gasteiger partial charge in [-0.05, 0) is 19.9 Å². The molecule has 5 atom stereocenters. The SMILES string of the molecule is CCOC(=O)CC(Nc1ccco1)C1O[C@H](n2nc(C)c(=O)[nH]c2=O)[C@H](OC(C)=O)[C@H]1OC. The third-order valence-corrected chi connectivity index (χ3v) is 4.99. The summed E-state index contributed by atoms with van der Waals surface area (Å²) in [7, 11) is 1.38. The second-order valence-electron chi connectivity index (χ2n) is 7.29. The number of methoxy groups -OCH3 is 1. The van der Waals surface area contributed by atoms with E-state index in [9.17, 15) is 19.2 Å². The fourth-order valence-electron chi connectivity index (χ4n) is 3.63. The molecule has 0 aromatic carbocycles. The summed E-state index contributed by atoms with van der Waals surface area (Å²) >= 11 is 0. The van der Waals surface area contributed by atoms with Crippen LogP contribution in [0.25, 0.3) is 0 Å². The molecule has 0 amide bonds. The molecule has 180 valence electrons. The first-order valence-electron chi connectivity index (χ1n) is 10.3. The van der Waals surface area contributed by atoms with Gasteiger partial charge < -0.3 is 28.7 Å². The Hall–Kier alpha value is -3.45. The molecule has 1 aliphatic rings. The number of esters is 2. The Morgan fingerprint density at radius 3 is 2.70 bits per heavy atom. The minimum Gasteiger partial charge on any atom is -0.466 e. The van der Waals surface area contributed by atoms with Crippen LogP contribution in [-0.4, -0.2) is 64.8 Å². The number of aromatic nitrogens is 3. The predicted octanol–water partition coefficient (Wildman–Crippen LogP) is 0.111. The summed E-state index contributed by atoms with van der Waals surface area (Å²) in [6, 6.07) is 2.54. The average Bonchev–Trinajstić information content (AvgIpc) is 3.38. The number of nitrogens with one attached hydrogen (secondary N) is 2. The maximum Gasteiger partial charge on any atom is 0.347 e. The van der Waals surface area contributed by atoms with Crippen LogP contribution in [0.4, 0.5) is 5.88 Å². The number of H-pyrrole nitrogens is 1. The molecule has 0 spiro atoms. The van der Waals surface area contributed by atoms with Gasteiger partial charge >= 0.3 is 17.6 Å². The molecule has 0 bridgehead atoms. The normalized spacial score (nSPS) is 23.2. The van der Waals surface area contributed by atoms with E-state index in [-0.39, 0.29) is 18.7 Å². The molecular formula is C20H26N4O9. The summed E-state index contributed by atoms with van der Waals surface area (Å²) in [5, 5.41) is 7.06. The highest BCUT2D eigenvalue weighted by molar-refractivity contribution is 5.71. The maximum absolute atomic E-state index is 12.5. The average molecular weight is 466 g/mol. The van der Waals surface area contributed by atoms with E-state index in [2.05, 4.69) is 15.4 Å². The van der Waals surface area contributed by atoms with Crippen LogP contribution in [0, 0.1) is 6.92 Å². The fraction of sp³-hybridized carbons (Fsp3) is 0.550. The molecule has 1 saturated heterocycles. The van der Waals surface area contributed by atoms with Crippen LogP contribution < -0.4 is 16.6 Å². The van der Waals surface area contributed by atoms with Crippen LogP contribution >= 0.6 is 0 Å². The number of anilines is 1. The number of rotatable bonds is 9. The minimum absolute atomic E-state index is 0.00831. The zero-order valence-corrected chi connectivity index (χ0v) is 18.6. The Labute approximate surface area is 188 Å². The van der Waals surface area contributed by atoms with Crippen LogP contribution in [-0.2, 0) is 28.5 Å². The van der Waals surface area contributed by atoms with Crippen molar-refractivity contribution in [1.82, 2.24) is 14.8 Å². The molecule has 33 heavy (non-hydrogen) atoms. The standard InChI is InChI=1S/C20H26N4O9/c1-5-30-14(26)9-12(21-13-7-6-8-31-13)15-16(29-4)17(32-11(3)25)19(33-15)24-20(28)22-18(27)10(2)23-24/h6-8,12,15-17,19,21H,5,9H2,1-4H3,(H,22,27,28)/t12?,15?,16-,17+,19-/m0/s1. The first-order chi connectivity index (χ1) is 15.7. The summed E-state index contributed by atoms with van der Waals surface area (Å²) in [5.41, 5.74) is -1.50. The smallest absolute Gasteiger partial charge is 0.347 e. The van der Waals surface area contributed by atoms with E-state index in [0.717, 1.165) is 4.68 Å². The van der Waals surface area contributed by atoms with Gasteiger partial charge in [0, 0.05) is 20.1 Å². The molecule has 13 nitrogen and oxygen atoms in total. The van der Waals surface area contributed by atoms with Crippen molar-refractivity contribution in [2.24, 2.45) is 0 Å². The predicted molar refractivity (Wildman–Crippen MR) is 111 cm³/mol. The molecular weight excluding hydrogens is 440 g/mol. The van der Waals surface area contributed by atoms with Crippen molar-refractivity contribution < 1.29 is 33.0 Å². The number of aromatic amines is 1. The lowest BCUT2D eigenvalue weighted by atomic mass is 10.00. The summed E-state index contributed by atoms with van der Waals surface area (Å²) in [5.74, 6) is -0.806. The quantitative estimate of drug-likeness (QED) is 0.482. The van der Waals surface area contributed by atoms with Gasteiger partial charge in [0.1, 0.15) is 17.9 Å². The zero-order chi connectivity index (χ0) is 24.1. The fourth-order valence-corrected chi connectivity index (χ4v) is 3.63. The molecule has 1 aliphatic heterocycles. The van der Waals surface area contributed by atoms with Gasteiger partial charge in [0.2, 0.25) is 0 Å². The zero-order valence-electron chi connectivity index (χ0n) is 18.6. The van der Waals surface area contributed by atoms with Crippen LogP contribution in [0.15, 0.2) is 32.4 Å². The molecule has 3 heterocycles. The Balaban J connectivity index is 2.01.